The third-order valence-corrected chi connectivity index (χ3v) is 4.15. The van der Waals surface area contributed by atoms with Crippen molar-refractivity contribution in [2.45, 2.75) is 25.2 Å². The Balaban J connectivity index is 2.26. The third-order valence-electron chi connectivity index (χ3n) is 3.24. The molecule has 5 heteroatoms. The Kier molecular flexibility index (Phi) is 4.62. The van der Waals surface area contributed by atoms with Gasteiger partial charge in [-0.3, -0.25) is 4.79 Å². The number of nitrogens with one attached hydrogen (secondary N) is 1. The zero-order valence-electron chi connectivity index (χ0n) is 11.8. The molecule has 2 atom stereocenters. The molecule has 1 amide bonds. The van der Waals surface area contributed by atoms with Crippen LogP contribution in [0.2, 0.25) is 0 Å². The van der Waals surface area contributed by atoms with Crippen molar-refractivity contribution in [2.24, 2.45) is 11.0 Å². The smallest absolute Gasteiger partial charge is 0.240 e. The number of hydrazone groups is 1. The van der Waals surface area contributed by atoms with Crippen LogP contribution in [-0.2, 0) is 16.0 Å². The van der Waals surface area contributed by atoms with Crippen molar-refractivity contribution in [3.05, 3.63) is 35.4 Å². The minimum Gasteiger partial charge on any atom is -0.612 e. The first-order valence-corrected chi connectivity index (χ1v) is 8.01. The van der Waals surface area contributed by atoms with Crippen LogP contribution in [0, 0.1) is 5.92 Å². The van der Waals surface area contributed by atoms with Crippen LogP contribution in [0.5, 0.6) is 0 Å². The van der Waals surface area contributed by atoms with Crippen LogP contribution in [0.1, 0.15) is 25.8 Å². The highest BCUT2D eigenvalue weighted by Crippen LogP contribution is 2.19. The number of hydrogen-bond acceptors (Lipinski definition) is 3. The molecule has 0 saturated carbocycles. The van der Waals surface area contributed by atoms with Crippen molar-refractivity contribution in [3.63, 3.8) is 0 Å². The van der Waals surface area contributed by atoms with Crippen molar-refractivity contribution in [1.29, 1.82) is 0 Å². The van der Waals surface area contributed by atoms with E-state index in [0.29, 0.717) is 6.42 Å². The summed E-state index contributed by atoms with van der Waals surface area (Å²) in [5, 5.41) is 4.13. The SMILES string of the molecule is CC(=Cc1cccc([S+](C)[O-])c1)C1=NNC(=O)CC1C. The molecule has 0 spiro atoms. The van der Waals surface area contributed by atoms with E-state index < -0.39 is 11.2 Å². The minimum absolute atomic E-state index is 0.0440. The number of carbonyl (C=O) groups is 1. The van der Waals surface area contributed by atoms with Crippen LogP contribution in [-0.4, -0.2) is 22.4 Å². The highest BCUT2D eigenvalue weighted by Gasteiger charge is 2.21. The van der Waals surface area contributed by atoms with E-state index in [1.165, 1.54) is 0 Å². The molecule has 0 bridgehead atoms. The fourth-order valence-corrected chi connectivity index (χ4v) is 2.81. The third kappa shape index (κ3) is 3.49. The minimum atomic E-state index is -0.987. The summed E-state index contributed by atoms with van der Waals surface area (Å²) in [6.45, 7) is 3.97. The molecule has 0 saturated heterocycles. The fraction of sp³-hybridized carbons (Fsp3) is 0.333. The highest BCUT2D eigenvalue weighted by atomic mass is 32.2. The molecule has 20 heavy (non-hydrogen) atoms. The standard InChI is InChI=1S/C15H18N2O2S/c1-10(15-11(2)8-14(18)16-17-15)7-12-5-4-6-13(9-12)20(3)19/h4-7,9,11H,8H2,1-3H3,(H,16,18). The Morgan fingerprint density at radius 3 is 2.95 bits per heavy atom. The number of carbonyl (C=O) groups excluding carboxylic acids is 1. The lowest BCUT2D eigenvalue weighted by Gasteiger charge is -2.19. The van der Waals surface area contributed by atoms with E-state index in [4.69, 9.17) is 0 Å². The number of allylic oxidation sites excluding steroid dienone is 1. The van der Waals surface area contributed by atoms with Gasteiger partial charge >= 0.3 is 0 Å². The van der Waals surface area contributed by atoms with Gasteiger partial charge < -0.3 is 4.55 Å². The van der Waals surface area contributed by atoms with Crippen molar-refractivity contribution >= 4 is 28.9 Å². The van der Waals surface area contributed by atoms with Gasteiger partial charge in [0.2, 0.25) is 5.91 Å². The van der Waals surface area contributed by atoms with Crippen LogP contribution in [0.25, 0.3) is 6.08 Å². The number of amides is 1. The molecule has 0 radical (unpaired) electrons. The summed E-state index contributed by atoms with van der Waals surface area (Å²) in [7, 11) is 0. The molecule has 2 unspecified atom stereocenters. The Hall–Kier alpha value is -1.59. The van der Waals surface area contributed by atoms with E-state index in [1.54, 1.807) is 6.26 Å². The number of benzene rings is 1. The fourth-order valence-electron chi connectivity index (χ4n) is 2.24. The van der Waals surface area contributed by atoms with Crippen molar-refractivity contribution in [2.75, 3.05) is 6.26 Å². The Morgan fingerprint density at radius 2 is 2.30 bits per heavy atom. The van der Waals surface area contributed by atoms with Crippen molar-refractivity contribution in [3.8, 4) is 0 Å². The normalized spacial score (nSPS) is 21.2. The maximum atomic E-state index is 11.5. The number of rotatable bonds is 3. The van der Waals surface area contributed by atoms with Gasteiger partial charge in [-0.1, -0.05) is 19.1 Å². The molecule has 1 aromatic rings. The summed E-state index contributed by atoms with van der Waals surface area (Å²) in [5.74, 6) is 0.0703. The Morgan fingerprint density at radius 1 is 1.55 bits per heavy atom. The van der Waals surface area contributed by atoms with Crippen LogP contribution in [0.4, 0.5) is 0 Å². The van der Waals surface area contributed by atoms with Gasteiger partial charge in [0.1, 0.15) is 6.26 Å². The second-order valence-electron chi connectivity index (χ2n) is 4.99. The molecule has 0 fully saturated rings. The van der Waals surface area contributed by atoms with E-state index in [1.807, 2.05) is 44.2 Å². The Labute approximate surface area is 122 Å². The van der Waals surface area contributed by atoms with E-state index in [0.717, 1.165) is 21.7 Å². The average molecular weight is 290 g/mol. The van der Waals surface area contributed by atoms with E-state index in [-0.39, 0.29) is 11.8 Å². The van der Waals surface area contributed by atoms with Crippen molar-refractivity contribution in [1.82, 2.24) is 5.43 Å². The predicted octanol–water partition coefficient (Wildman–Crippen LogP) is 2.34. The molecule has 1 aliphatic rings. The van der Waals surface area contributed by atoms with Gasteiger partial charge in [0.05, 0.1) is 5.71 Å². The van der Waals surface area contributed by atoms with Gasteiger partial charge in [0, 0.05) is 18.4 Å². The molecule has 4 nitrogen and oxygen atoms in total. The van der Waals surface area contributed by atoms with Gasteiger partial charge in [0.15, 0.2) is 4.90 Å². The maximum absolute atomic E-state index is 11.5. The van der Waals surface area contributed by atoms with Crippen LogP contribution in [0.3, 0.4) is 0 Å². The lowest BCUT2D eigenvalue weighted by molar-refractivity contribution is -0.121. The van der Waals surface area contributed by atoms with Crippen LogP contribution < -0.4 is 5.43 Å². The maximum Gasteiger partial charge on any atom is 0.240 e. The van der Waals surface area contributed by atoms with Crippen LogP contribution in [0.15, 0.2) is 39.8 Å². The molecular weight excluding hydrogens is 272 g/mol. The lowest BCUT2D eigenvalue weighted by Crippen LogP contribution is -2.31. The molecule has 2 rings (SSSR count). The summed E-state index contributed by atoms with van der Waals surface area (Å²) in [5.41, 5.74) is 5.41. The first-order chi connectivity index (χ1) is 9.47. The van der Waals surface area contributed by atoms with Gasteiger partial charge in [0.25, 0.3) is 0 Å². The van der Waals surface area contributed by atoms with Gasteiger partial charge in [-0.15, -0.1) is 0 Å². The topological polar surface area (TPSA) is 64.5 Å². The molecule has 1 aromatic carbocycles. The first-order valence-electron chi connectivity index (χ1n) is 6.46. The van der Waals surface area contributed by atoms with E-state index in [2.05, 4.69) is 10.5 Å². The largest absolute Gasteiger partial charge is 0.612 e. The van der Waals surface area contributed by atoms with Gasteiger partial charge in [-0.2, -0.15) is 5.10 Å². The molecule has 0 aromatic heterocycles. The molecule has 1 heterocycles. The first kappa shape index (κ1) is 14.8. The molecular formula is C15H18N2O2S. The summed E-state index contributed by atoms with van der Waals surface area (Å²) < 4.78 is 11.5. The predicted molar refractivity (Wildman–Crippen MR) is 81.8 cm³/mol. The van der Waals surface area contributed by atoms with Crippen LogP contribution >= 0.6 is 0 Å². The second-order valence-corrected chi connectivity index (χ2v) is 6.37. The average Bonchev–Trinajstić information content (AvgIpc) is 2.38. The number of hydrogen-bond donors (Lipinski definition) is 1. The van der Waals surface area contributed by atoms with Gasteiger partial charge in [-0.05, 0) is 41.4 Å². The van der Waals surface area contributed by atoms with Crippen molar-refractivity contribution < 1.29 is 9.35 Å². The van der Waals surface area contributed by atoms with E-state index >= 15 is 0 Å². The Bertz CT molecular complexity index is 579. The van der Waals surface area contributed by atoms with Gasteiger partial charge in [-0.25, -0.2) is 5.43 Å². The zero-order chi connectivity index (χ0) is 14.7. The zero-order valence-corrected chi connectivity index (χ0v) is 12.7. The second kappa shape index (κ2) is 6.24. The molecule has 0 aliphatic carbocycles. The number of nitrogens with zero attached hydrogens (tertiary/aromatic N) is 1. The quantitative estimate of drug-likeness (QED) is 0.868. The summed E-state index contributed by atoms with van der Waals surface area (Å²) >= 11 is -0.987. The molecule has 1 aliphatic heterocycles. The summed E-state index contributed by atoms with van der Waals surface area (Å²) in [6.07, 6.45) is 4.13. The lowest BCUT2D eigenvalue weighted by atomic mass is 9.94. The monoisotopic (exact) mass is 290 g/mol. The van der Waals surface area contributed by atoms with E-state index in [9.17, 15) is 9.35 Å². The highest BCUT2D eigenvalue weighted by molar-refractivity contribution is 7.90. The summed E-state index contributed by atoms with van der Waals surface area (Å²) in [6, 6.07) is 7.62. The molecule has 106 valence electrons. The summed E-state index contributed by atoms with van der Waals surface area (Å²) in [4.78, 5) is 12.1. The molecule has 1 N–H and O–H groups in total.